The number of rotatable bonds is 7. The number of hydrogen-bond acceptors (Lipinski definition) is 6. The number of aryl methyl sites for hydroxylation is 1. The van der Waals surface area contributed by atoms with E-state index in [4.69, 9.17) is 0 Å². The summed E-state index contributed by atoms with van der Waals surface area (Å²) in [5.41, 5.74) is 1.58. The number of amides is 2. The van der Waals surface area contributed by atoms with E-state index in [1.807, 2.05) is 60.4 Å². The van der Waals surface area contributed by atoms with E-state index < -0.39 is 0 Å². The van der Waals surface area contributed by atoms with Crippen molar-refractivity contribution >= 4 is 35.1 Å². The van der Waals surface area contributed by atoms with Crippen molar-refractivity contribution in [3.05, 3.63) is 66.6 Å². The first-order valence-corrected chi connectivity index (χ1v) is 11.5. The van der Waals surface area contributed by atoms with Gasteiger partial charge in [0, 0.05) is 43.0 Å². The largest absolute Gasteiger partial charge is 0.353 e. The van der Waals surface area contributed by atoms with Gasteiger partial charge in [0.2, 0.25) is 11.8 Å². The molecule has 0 saturated carbocycles. The van der Waals surface area contributed by atoms with E-state index in [0.29, 0.717) is 24.5 Å². The van der Waals surface area contributed by atoms with Crippen LogP contribution in [0.15, 0.2) is 65.8 Å². The lowest BCUT2D eigenvalue weighted by Gasteiger charge is -2.35. The van der Waals surface area contributed by atoms with E-state index >= 15 is 0 Å². The maximum absolute atomic E-state index is 12.7. The number of aromatic nitrogens is 3. The Balaban J connectivity index is 1.23. The molecule has 1 aromatic carbocycles. The Hall–Kier alpha value is -3.33. The highest BCUT2D eigenvalue weighted by Gasteiger charge is 2.22. The number of benzene rings is 1. The van der Waals surface area contributed by atoms with Gasteiger partial charge < -0.3 is 15.1 Å². The van der Waals surface area contributed by atoms with Crippen LogP contribution in [-0.2, 0) is 16.1 Å². The summed E-state index contributed by atoms with van der Waals surface area (Å²) in [6, 6.07) is 15.8. The van der Waals surface area contributed by atoms with Crippen molar-refractivity contribution in [3.8, 4) is 0 Å². The number of nitrogens with one attached hydrogen (secondary N) is 1. The molecule has 0 radical (unpaired) electrons. The first kappa shape index (κ1) is 21.9. The molecule has 9 heteroatoms. The van der Waals surface area contributed by atoms with Crippen molar-refractivity contribution in [1.29, 1.82) is 0 Å². The molecule has 0 unspecified atom stereocenters. The summed E-state index contributed by atoms with van der Waals surface area (Å²) in [6.07, 6.45) is 3.26. The van der Waals surface area contributed by atoms with E-state index in [1.54, 1.807) is 17.1 Å². The van der Waals surface area contributed by atoms with Crippen molar-refractivity contribution in [2.75, 3.05) is 42.1 Å². The van der Waals surface area contributed by atoms with E-state index in [0.717, 1.165) is 29.5 Å². The molecule has 3 aromatic rings. The second-order valence-corrected chi connectivity index (χ2v) is 8.63. The molecule has 2 amide bonds. The number of nitrogens with zero attached hydrogens (tertiary/aromatic N) is 5. The van der Waals surface area contributed by atoms with Gasteiger partial charge in [-0.15, -0.1) is 11.8 Å². The number of anilines is 2. The van der Waals surface area contributed by atoms with E-state index in [-0.39, 0.29) is 18.4 Å². The summed E-state index contributed by atoms with van der Waals surface area (Å²) < 4.78 is 1.57. The Bertz CT molecular complexity index is 1060. The topological polar surface area (TPSA) is 83.4 Å². The van der Waals surface area contributed by atoms with Crippen LogP contribution in [0.5, 0.6) is 0 Å². The minimum absolute atomic E-state index is 0.0162. The van der Waals surface area contributed by atoms with Gasteiger partial charge in [-0.3, -0.25) is 14.3 Å². The number of thioether (sulfide) groups is 1. The van der Waals surface area contributed by atoms with Crippen LogP contribution in [0, 0.1) is 6.92 Å². The predicted octanol–water partition coefficient (Wildman–Crippen LogP) is 2.67. The van der Waals surface area contributed by atoms with E-state index in [2.05, 4.69) is 20.3 Å². The highest BCUT2D eigenvalue weighted by Crippen LogP contribution is 2.18. The van der Waals surface area contributed by atoms with Gasteiger partial charge in [0.05, 0.1) is 17.6 Å². The number of carbonyl (C=O) groups is 2. The molecular formula is C23H26N6O2S. The second-order valence-electron chi connectivity index (χ2n) is 7.58. The lowest BCUT2D eigenvalue weighted by Crippen LogP contribution is -2.49. The average molecular weight is 451 g/mol. The monoisotopic (exact) mass is 450 g/mol. The molecule has 0 spiro atoms. The number of hydrogen-bond donors (Lipinski definition) is 1. The zero-order valence-corrected chi connectivity index (χ0v) is 18.8. The lowest BCUT2D eigenvalue weighted by molar-refractivity contribution is -0.132. The van der Waals surface area contributed by atoms with Crippen molar-refractivity contribution in [2.24, 2.45) is 0 Å². The van der Waals surface area contributed by atoms with Crippen molar-refractivity contribution in [2.45, 2.75) is 18.4 Å². The van der Waals surface area contributed by atoms with E-state index in [9.17, 15) is 9.59 Å². The van der Waals surface area contributed by atoms with Crippen LogP contribution in [0.2, 0.25) is 0 Å². The molecule has 166 valence electrons. The first-order chi connectivity index (χ1) is 15.6. The van der Waals surface area contributed by atoms with Crippen molar-refractivity contribution in [1.82, 2.24) is 19.7 Å². The quantitative estimate of drug-likeness (QED) is 0.557. The Morgan fingerprint density at radius 1 is 1.03 bits per heavy atom. The number of carbonyl (C=O) groups excluding carboxylic acids is 2. The zero-order valence-electron chi connectivity index (χ0n) is 18.0. The summed E-state index contributed by atoms with van der Waals surface area (Å²) in [6.45, 7) is 4.93. The molecule has 3 heterocycles. The van der Waals surface area contributed by atoms with Gasteiger partial charge in [0.1, 0.15) is 12.4 Å². The highest BCUT2D eigenvalue weighted by atomic mass is 32.2. The SMILES string of the molecule is Cc1cccc(N2CCN(C(=O)Cn3cc(NC(=O)CSc4ccccc4)cn3)CC2)n1. The predicted molar refractivity (Wildman–Crippen MR) is 126 cm³/mol. The minimum atomic E-state index is -0.106. The number of pyridine rings is 1. The Labute approximate surface area is 191 Å². The molecule has 1 N–H and O–H groups in total. The number of piperazine rings is 1. The van der Waals surface area contributed by atoms with Gasteiger partial charge in [-0.05, 0) is 31.2 Å². The molecule has 8 nitrogen and oxygen atoms in total. The summed E-state index contributed by atoms with van der Waals surface area (Å²) in [5, 5.41) is 7.05. The molecule has 1 aliphatic rings. The van der Waals surface area contributed by atoms with Gasteiger partial charge in [-0.2, -0.15) is 5.10 Å². The fraction of sp³-hybridized carbons (Fsp3) is 0.304. The van der Waals surface area contributed by atoms with Gasteiger partial charge in [0.25, 0.3) is 0 Å². The standard InChI is InChI=1S/C23H26N6O2S/c1-18-6-5-9-21(25-18)27-10-12-28(13-11-27)23(31)16-29-15-19(14-24-29)26-22(30)17-32-20-7-3-2-4-8-20/h2-9,14-15H,10-13,16-17H2,1H3,(H,26,30). The molecular weight excluding hydrogens is 424 g/mol. The Morgan fingerprint density at radius 3 is 2.56 bits per heavy atom. The van der Waals surface area contributed by atoms with Crippen molar-refractivity contribution in [3.63, 3.8) is 0 Å². The molecule has 1 saturated heterocycles. The first-order valence-electron chi connectivity index (χ1n) is 10.5. The fourth-order valence-corrected chi connectivity index (χ4v) is 4.23. The van der Waals surface area contributed by atoms with Crippen LogP contribution in [0.1, 0.15) is 5.69 Å². The Kier molecular flexibility index (Phi) is 7.06. The summed E-state index contributed by atoms with van der Waals surface area (Å²) in [7, 11) is 0. The molecule has 0 bridgehead atoms. The summed E-state index contributed by atoms with van der Waals surface area (Å²) in [5.74, 6) is 1.18. The summed E-state index contributed by atoms with van der Waals surface area (Å²) >= 11 is 1.47. The average Bonchev–Trinajstić information content (AvgIpc) is 3.25. The molecule has 1 fully saturated rings. The maximum Gasteiger partial charge on any atom is 0.244 e. The van der Waals surface area contributed by atoms with E-state index in [1.165, 1.54) is 11.8 Å². The van der Waals surface area contributed by atoms with Crippen LogP contribution in [0.25, 0.3) is 0 Å². The molecule has 1 aliphatic heterocycles. The normalized spacial score (nSPS) is 13.8. The molecule has 32 heavy (non-hydrogen) atoms. The van der Waals surface area contributed by atoms with Crippen LogP contribution in [-0.4, -0.2) is 63.4 Å². The minimum Gasteiger partial charge on any atom is -0.353 e. The van der Waals surface area contributed by atoms with Crippen LogP contribution < -0.4 is 10.2 Å². The fourth-order valence-electron chi connectivity index (χ4n) is 3.51. The third-order valence-electron chi connectivity index (χ3n) is 5.16. The van der Waals surface area contributed by atoms with Gasteiger partial charge >= 0.3 is 0 Å². The molecule has 4 rings (SSSR count). The van der Waals surface area contributed by atoms with Crippen LogP contribution in [0.4, 0.5) is 11.5 Å². The maximum atomic E-state index is 12.7. The van der Waals surface area contributed by atoms with Crippen molar-refractivity contribution < 1.29 is 9.59 Å². The molecule has 2 aromatic heterocycles. The van der Waals surface area contributed by atoms with Gasteiger partial charge in [0.15, 0.2) is 0 Å². The molecule has 0 atom stereocenters. The van der Waals surface area contributed by atoms with Gasteiger partial charge in [-0.25, -0.2) is 4.98 Å². The molecule has 0 aliphatic carbocycles. The third-order valence-corrected chi connectivity index (χ3v) is 6.17. The third kappa shape index (κ3) is 5.88. The van der Waals surface area contributed by atoms with Crippen LogP contribution >= 0.6 is 11.8 Å². The highest BCUT2D eigenvalue weighted by molar-refractivity contribution is 8.00. The summed E-state index contributed by atoms with van der Waals surface area (Å²) in [4.78, 5) is 34.5. The Morgan fingerprint density at radius 2 is 1.81 bits per heavy atom. The zero-order chi connectivity index (χ0) is 22.3. The smallest absolute Gasteiger partial charge is 0.244 e. The second kappa shape index (κ2) is 10.3. The van der Waals surface area contributed by atoms with Crippen LogP contribution in [0.3, 0.4) is 0 Å². The lowest BCUT2D eigenvalue weighted by atomic mass is 10.3. The van der Waals surface area contributed by atoms with Gasteiger partial charge in [-0.1, -0.05) is 24.3 Å².